The van der Waals surface area contributed by atoms with Crippen LogP contribution in [0.1, 0.15) is 57.2 Å². The molecule has 0 aliphatic carbocycles. The third-order valence-corrected chi connectivity index (χ3v) is 6.28. The van der Waals surface area contributed by atoms with Gasteiger partial charge in [0.05, 0.1) is 11.4 Å². The fraction of sp³-hybridized carbons (Fsp3) is 0.435. The molecule has 2 rings (SSSR count). The molecule has 0 fully saturated rings. The Morgan fingerprint density at radius 2 is 1.62 bits per heavy atom. The van der Waals surface area contributed by atoms with Crippen molar-refractivity contribution >= 4 is 21.4 Å². The van der Waals surface area contributed by atoms with E-state index in [1.165, 1.54) is 17.7 Å². The van der Waals surface area contributed by atoms with E-state index in [1.54, 1.807) is 12.1 Å². The van der Waals surface area contributed by atoms with E-state index >= 15 is 0 Å². The molecule has 0 heterocycles. The lowest BCUT2D eigenvalue weighted by molar-refractivity contribution is -0.115. The summed E-state index contributed by atoms with van der Waals surface area (Å²) in [5, 5.41) is 6.10. The summed E-state index contributed by atoms with van der Waals surface area (Å²) >= 11 is 0. The number of nitrogens with one attached hydrogen (secondary N) is 2. The summed E-state index contributed by atoms with van der Waals surface area (Å²) in [5.74, 6) is 0.631. The van der Waals surface area contributed by atoms with Gasteiger partial charge in [0, 0.05) is 18.0 Å². The predicted octanol–water partition coefficient (Wildman–Crippen LogP) is 4.53. The number of hydrogen-bond donors (Lipinski definition) is 2. The van der Waals surface area contributed by atoms with Crippen LogP contribution in [-0.4, -0.2) is 27.1 Å². The topological polar surface area (TPSA) is 75.3 Å². The molecule has 0 aliphatic rings. The first-order valence-corrected chi connectivity index (χ1v) is 11.9. The van der Waals surface area contributed by atoms with Crippen LogP contribution in [0.5, 0.6) is 0 Å². The second-order valence-electron chi connectivity index (χ2n) is 7.93. The highest BCUT2D eigenvalue weighted by Crippen LogP contribution is 2.25. The molecule has 0 spiro atoms. The number of rotatable bonds is 9. The maximum absolute atomic E-state index is 12.4. The van der Waals surface area contributed by atoms with Crippen molar-refractivity contribution in [1.82, 2.24) is 5.32 Å². The summed E-state index contributed by atoms with van der Waals surface area (Å²) in [6.45, 7) is 8.78. The number of hydrogen-bond acceptors (Lipinski definition) is 4. The molecular weight excluding hydrogens is 384 g/mol. The lowest BCUT2D eigenvalue weighted by Crippen LogP contribution is -2.33. The zero-order chi connectivity index (χ0) is 21.6. The molecule has 0 saturated heterocycles. The van der Waals surface area contributed by atoms with Crippen LogP contribution in [0.2, 0.25) is 0 Å². The monoisotopic (exact) mass is 416 g/mol. The molecule has 2 aromatic rings. The predicted molar refractivity (Wildman–Crippen MR) is 119 cm³/mol. The number of amides is 1. The SMILES string of the molecule is CC[C@@H](C)c1ccc([C@H](NCC(=O)Nc2cccc(S(C)(=O)=O)c2)C(C)C)cc1. The summed E-state index contributed by atoms with van der Waals surface area (Å²) in [6.07, 6.45) is 2.25. The van der Waals surface area contributed by atoms with E-state index < -0.39 is 9.84 Å². The quantitative estimate of drug-likeness (QED) is 0.630. The molecule has 5 nitrogen and oxygen atoms in total. The van der Waals surface area contributed by atoms with E-state index in [0.717, 1.165) is 18.2 Å². The van der Waals surface area contributed by atoms with Gasteiger partial charge in [-0.1, -0.05) is 58.0 Å². The Hall–Kier alpha value is -2.18. The maximum atomic E-state index is 12.4. The van der Waals surface area contributed by atoms with Crippen molar-refractivity contribution in [2.75, 3.05) is 18.1 Å². The Balaban J connectivity index is 2.03. The van der Waals surface area contributed by atoms with Crippen LogP contribution in [0.25, 0.3) is 0 Å². The molecule has 0 aromatic heterocycles. The van der Waals surface area contributed by atoms with Gasteiger partial charge in [-0.05, 0) is 47.6 Å². The summed E-state index contributed by atoms with van der Waals surface area (Å²) in [4.78, 5) is 12.6. The van der Waals surface area contributed by atoms with Crippen LogP contribution in [0.3, 0.4) is 0 Å². The van der Waals surface area contributed by atoms with Gasteiger partial charge in [-0.2, -0.15) is 0 Å². The molecule has 6 heteroatoms. The van der Waals surface area contributed by atoms with Gasteiger partial charge in [-0.25, -0.2) is 8.42 Å². The normalized spacial score (nSPS) is 13.9. The average Bonchev–Trinajstić information content (AvgIpc) is 2.67. The molecule has 0 radical (unpaired) electrons. The van der Waals surface area contributed by atoms with Gasteiger partial charge in [-0.3, -0.25) is 4.79 Å². The molecule has 158 valence electrons. The van der Waals surface area contributed by atoms with Crippen molar-refractivity contribution in [1.29, 1.82) is 0 Å². The van der Waals surface area contributed by atoms with E-state index in [9.17, 15) is 13.2 Å². The number of anilines is 1. The van der Waals surface area contributed by atoms with Gasteiger partial charge in [0.25, 0.3) is 0 Å². The maximum Gasteiger partial charge on any atom is 0.238 e. The van der Waals surface area contributed by atoms with Crippen molar-refractivity contribution in [3.05, 3.63) is 59.7 Å². The Kier molecular flexibility index (Phi) is 7.99. The fourth-order valence-corrected chi connectivity index (χ4v) is 3.89. The summed E-state index contributed by atoms with van der Waals surface area (Å²) in [6, 6.07) is 14.9. The van der Waals surface area contributed by atoms with Crippen LogP contribution < -0.4 is 10.6 Å². The summed E-state index contributed by atoms with van der Waals surface area (Å²) < 4.78 is 23.4. The molecule has 2 N–H and O–H groups in total. The molecule has 2 atom stereocenters. The van der Waals surface area contributed by atoms with Crippen LogP contribution in [0.15, 0.2) is 53.4 Å². The molecule has 1 amide bonds. The van der Waals surface area contributed by atoms with E-state index in [0.29, 0.717) is 17.5 Å². The fourth-order valence-electron chi connectivity index (χ4n) is 3.22. The van der Waals surface area contributed by atoms with Gasteiger partial charge in [0.15, 0.2) is 9.84 Å². The average molecular weight is 417 g/mol. The first-order valence-electron chi connectivity index (χ1n) is 10.0. The highest BCUT2D eigenvalue weighted by atomic mass is 32.2. The number of benzene rings is 2. The van der Waals surface area contributed by atoms with Gasteiger partial charge < -0.3 is 10.6 Å². The lowest BCUT2D eigenvalue weighted by atomic mass is 9.92. The zero-order valence-corrected chi connectivity index (χ0v) is 18.7. The first kappa shape index (κ1) is 23.1. The Morgan fingerprint density at radius 1 is 1.00 bits per heavy atom. The van der Waals surface area contributed by atoms with Gasteiger partial charge in [0.2, 0.25) is 5.91 Å². The Labute approximate surface area is 174 Å². The van der Waals surface area contributed by atoms with Crippen LogP contribution in [0.4, 0.5) is 5.69 Å². The van der Waals surface area contributed by atoms with E-state index in [2.05, 4.69) is 62.6 Å². The summed E-state index contributed by atoms with van der Waals surface area (Å²) in [7, 11) is -3.31. The minimum absolute atomic E-state index is 0.0501. The van der Waals surface area contributed by atoms with Crippen molar-refractivity contribution in [2.24, 2.45) is 5.92 Å². The highest BCUT2D eigenvalue weighted by Gasteiger charge is 2.17. The second-order valence-corrected chi connectivity index (χ2v) is 9.94. The Bertz CT molecular complexity index is 921. The molecule has 0 aliphatic heterocycles. The van der Waals surface area contributed by atoms with Crippen LogP contribution in [0, 0.1) is 5.92 Å². The smallest absolute Gasteiger partial charge is 0.238 e. The standard InChI is InChI=1S/C23H32N2O3S/c1-6-17(4)18-10-12-19(13-11-18)23(16(2)3)24-15-22(26)25-20-8-7-9-21(14-20)29(5,27)28/h7-14,16-17,23-24H,6,15H2,1-5H3,(H,25,26)/t17-,23-/m1/s1. The molecular formula is C23H32N2O3S. The number of carbonyl (C=O) groups is 1. The highest BCUT2D eigenvalue weighted by molar-refractivity contribution is 7.90. The largest absolute Gasteiger partial charge is 0.325 e. The molecule has 29 heavy (non-hydrogen) atoms. The molecule has 0 unspecified atom stereocenters. The lowest BCUT2D eigenvalue weighted by Gasteiger charge is -2.23. The van der Waals surface area contributed by atoms with Crippen molar-refractivity contribution < 1.29 is 13.2 Å². The van der Waals surface area contributed by atoms with Crippen molar-refractivity contribution in [3.63, 3.8) is 0 Å². The second kappa shape index (κ2) is 10.0. The van der Waals surface area contributed by atoms with Crippen LogP contribution in [-0.2, 0) is 14.6 Å². The number of sulfone groups is 1. The van der Waals surface area contributed by atoms with Gasteiger partial charge in [0.1, 0.15) is 0 Å². The first-order chi connectivity index (χ1) is 13.6. The minimum atomic E-state index is -3.31. The number of carbonyl (C=O) groups excluding carboxylic acids is 1. The molecule has 2 aromatic carbocycles. The third kappa shape index (κ3) is 6.68. The zero-order valence-electron chi connectivity index (χ0n) is 17.9. The van der Waals surface area contributed by atoms with Gasteiger partial charge in [-0.15, -0.1) is 0 Å². The van der Waals surface area contributed by atoms with Crippen molar-refractivity contribution in [3.8, 4) is 0 Å². The Morgan fingerprint density at radius 3 is 2.17 bits per heavy atom. The van der Waals surface area contributed by atoms with Crippen molar-refractivity contribution in [2.45, 2.75) is 51.0 Å². The van der Waals surface area contributed by atoms with Crippen LogP contribution >= 0.6 is 0 Å². The minimum Gasteiger partial charge on any atom is -0.325 e. The van der Waals surface area contributed by atoms with E-state index in [1.807, 2.05) is 0 Å². The van der Waals surface area contributed by atoms with E-state index in [-0.39, 0.29) is 23.4 Å². The van der Waals surface area contributed by atoms with Gasteiger partial charge >= 0.3 is 0 Å². The summed E-state index contributed by atoms with van der Waals surface area (Å²) in [5.41, 5.74) is 2.94. The third-order valence-electron chi connectivity index (χ3n) is 5.17. The molecule has 0 bridgehead atoms. The molecule has 0 saturated carbocycles. The van der Waals surface area contributed by atoms with E-state index in [4.69, 9.17) is 0 Å².